The van der Waals surface area contributed by atoms with Crippen LogP contribution < -0.4 is 0 Å². The Hall–Kier alpha value is -1.74. The summed E-state index contributed by atoms with van der Waals surface area (Å²) in [7, 11) is 0. The van der Waals surface area contributed by atoms with Crippen molar-refractivity contribution >= 4 is 28.3 Å². The molecule has 0 amide bonds. The number of hydrogen-bond donors (Lipinski definition) is 2. The molecule has 1 fully saturated rings. The highest BCUT2D eigenvalue weighted by atomic mass is 35.5. The molecule has 1 atom stereocenters. The molecule has 2 aromatic carbocycles. The Balaban J connectivity index is 2.08. The zero-order valence-corrected chi connectivity index (χ0v) is 11.6. The Kier molecular flexibility index (Phi) is 3.30. The summed E-state index contributed by atoms with van der Waals surface area (Å²) in [6.45, 7) is 0. The minimum absolute atomic E-state index is 0.0598. The van der Waals surface area contributed by atoms with Crippen LogP contribution in [-0.2, 0) is 4.79 Å². The summed E-state index contributed by atoms with van der Waals surface area (Å²) in [4.78, 5) is 11.0. The van der Waals surface area contributed by atoms with Gasteiger partial charge in [-0.25, -0.2) is 0 Å². The first kappa shape index (κ1) is 13.3. The van der Waals surface area contributed by atoms with Gasteiger partial charge in [0, 0.05) is 10.9 Å². The fourth-order valence-corrected chi connectivity index (χ4v) is 2.97. The second-order valence-electron chi connectivity index (χ2n) is 5.44. The summed E-state index contributed by atoms with van der Waals surface area (Å²) < 4.78 is 0. The Bertz CT molecular complexity index is 677. The molecule has 1 saturated carbocycles. The lowest BCUT2D eigenvalue weighted by Gasteiger charge is -2.17. The normalized spacial score (nSPS) is 16.2. The summed E-state index contributed by atoms with van der Waals surface area (Å²) in [6, 6.07) is 9.04. The van der Waals surface area contributed by atoms with E-state index in [1.165, 1.54) is 0 Å². The highest BCUT2D eigenvalue weighted by Gasteiger charge is 2.35. The summed E-state index contributed by atoms with van der Waals surface area (Å²) in [5.74, 6) is -0.394. The zero-order valence-electron chi connectivity index (χ0n) is 10.8. The third kappa shape index (κ3) is 2.59. The number of aromatic hydroxyl groups is 1. The number of phenolic OH excluding ortho intramolecular Hbond substituents is 1. The molecule has 1 aliphatic rings. The molecule has 3 rings (SSSR count). The topological polar surface area (TPSA) is 57.5 Å². The van der Waals surface area contributed by atoms with Crippen LogP contribution in [0.15, 0.2) is 30.3 Å². The molecule has 3 nitrogen and oxygen atoms in total. The van der Waals surface area contributed by atoms with Crippen LogP contribution in [0.5, 0.6) is 5.75 Å². The number of hydrogen-bond acceptors (Lipinski definition) is 2. The van der Waals surface area contributed by atoms with Gasteiger partial charge in [-0.3, -0.25) is 4.79 Å². The van der Waals surface area contributed by atoms with Gasteiger partial charge in [0.05, 0.1) is 6.42 Å². The summed E-state index contributed by atoms with van der Waals surface area (Å²) in [6.07, 6.45) is 2.13. The molecule has 20 heavy (non-hydrogen) atoms. The molecule has 1 unspecified atom stereocenters. The smallest absolute Gasteiger partial charge is 0.303 e. The molecule has 0 heterocycles. The Labute approximate surface area is 121 Å². The second kappa shape index (κ2) is 4.98. The average Bonchev–Trinajstić information content (AvgIpc) is 3.20. The predicted molar refractivity (Wildman–Crippen MR) is 78.3 cm³/mol. The maximum absolute atomic E-state index is 11.0. The molecule has 0 bridgehead atoms. The molecular formula is C16H15ClO3. The van der Waals surface area contributed by atoms with Crippen molar-refractivity contribution in [3.8, 4) is 5.75 Å². The molecule has 2 N–H and O–H groups in total. The van der Waals surface area contributed by atoms with Gasteiger partial charge in [0.15, 0.2) is 0 Å². The highest BCUT2D eigenvalue weighted by molar-refractivity contribution is 6.31. The van der Waals surface area contributed by atoms with Gasteiger partial charge in [0.2, 0.25) is 0 Å². The first-order chi connectivity index (χ1) is 9.54. The number of aliphatic carboxylic acids is 1. The summed E-state index contributed by atoms with van der Waals surface area (Å²) >= 11 is 5.99. The second-order valence-corrected chi connectivity index (χ2v) is 5.88. The van der Waals surface area contributed by atoms with Crippen LogP contribution in [0.2, 0.25) is 5.02 Å². The van der Waals surface area contributed by atoms with Gasteiger partial charge < -0.3 is 10.2 Å². The molecule has 104 valence electrons. The van der Waals surface area contributed by atoms with Gasteiger partial charge >= 0.3 is 5.97 Å². The van der Waals surface area contributed by atoms with Gasteiger partial charge in [-0.15, -0.1) is 0 Å². The minimum Gasteiger partial charge on any atom is -0.508 e. The van der Waals surface area contributed by atoms with E-state index in [1.807, 2.05) is 18.2 Å². The van der Waals surface area contributed by atoms with E-state index in [9.17, 15) is 9.90 Å². The summed E-state index contributed by atoms with van der Waals surface area (Å²) in [5.41, 5.74) is 0.727. The lowest BCUT2D eigenvalue weighted by molar-refractivity contribution is -0.137. The first-order valence-electron chi connectivity index (χ1n) is 6.68. The number of carboxylic acid groups (broad SMARTS) is 1. The first-order valence-corrected chi connectivity index (χ1v) is 7.06. The Morgan fingerprint density at radius 3 is 2.65 bits per heavy atom. The molecule has 1 aliphatic carbocycles. The lowest BCUT2D eigenvalue weighted by atomic mass is 9.89. The van der Waals surface area contributed by atoms with E-state index in [-0.39, 0.29) is 18.1 Å². The van der Waals surface area contributed by atoms with E-state index >= 15 is 0 Å². The number of carbonyl (C=O) groups is 1. The maximum atomic E-state index is 11.0. The van der Waals surface area contributed by atoms with Gasteiger partial charge in [-0.05, 0) is 59.4 Å². The van der Waals surface area contributed by atoms with Crippen LogP contribution in [0.4, 0.5) is 0 Å². The number of benzene rings is 2. The van der Waals surface area contributed by atoms with Crippen LogP contribution in [0.3, 0.4) is 0 Å². The highest BCUT2D eigenvalue weighted by Crippen LogP contribution is 2.47. The van der Waals surface area contributed by atoms with Gasteiger partial charge in [0.25, 0.3) is 0 Å². The Morgan fingerprint density at radius 2 is 2.00 bits per heavy atom. The van der Waals surface area contributed by atoms with Gasteiger partial charge in [-0.2, -0.15) is 0 Å². The van der Waals surface area contributed by atoms with Gasteiger partial charge in [0.1, 0.15) is 5.75 Å². The van der Waals surface area contributed by atoms with Crippen molar-refractivity contribution in [3.05, 3.63) is 40.9 Å². The van der Waals surface area contributed by atoms with Crippen molar-refractivity contribution in [2.75, 3.05) is 0 Å². The van der Waals surface area contributed by atoms with Crippen LogP contribution >= 0.6 is 11.6 Å². The SMILES string of the molecule is O=C(O)CC(c1cc2cc(Cl)ccc2cc1O)C1CC1. The molecule has 0 aliphatic heterocycles. The van der Waals surface area contributed by atoms with Crippen molar-refractivity contribution < 1.29 is 15.0 Å². The molecule has 2 aromatic rings. The largest absolute Gasteiger partial charge is 0.508 e. The van der Waals surface area contributed by atoms with Crippen molar-refractivity contribution in [3.63, 3.8) is 0 Å². The number of phenols is 1. The molecule has 4 heteroatoms. The van der Waals surface area contributed by atoms with Crippen molar-refractivity contribution in [1.29, 1.82) is 0 Å². The van der Waals surface area contributed by atoms with E-state index in [0.717, 1.165) is 29.2 Å². The standard InChI is InChI=1S/C16H15ClO3/c17-12-4-3-10-7-15(18)14(6-11(10)5-12)13(8-16(19)20)9-1-2-9/h3-7,9,13,18H,1-2,8H2,(H,19,20). The van der Waals surface area contributed by atoms with Crippen LogP contribution in [0.25, 0.3) is 10.8 Å². The number of halogens is 1. The molecule has 0 saturated heterocycles. The number of carboxylic acids is 1. The van der Waals surface area contributed by atoms with Crippen molar-refractivity contribution in [1.82, 2.24) is 0 Å². The number of rotatable bonds is 4. The number of fused-ring (bicyclic) bond motifs is 1. The van der Waals surface area contributed by atoms with Crippen LogP contribution in [0.1, 0.15) is 30.7 Å². The van der Waals surface area contributed by atoms with E-state index in [1.54, 1.807) is 12.1 Å². The summed E-state index contributed by atoms with van der Waals surface area (Å²) in [5, 5.41) is 21.7. The van der Waals surface area contributed by atoms with E-state index < -0.39 is 5.97 Å². The monoisotopic (exact) mass is 290 g/mol. The third-order valence-electron chi connectivity index (χ3n) is 3.93. The maximum Gasteiger partial charge on any atom is 0.303 e. The fraction of sp³-hybridized carbons (Fsp3) is 0.312. The fourth-order valence-electron chi connectivity index (χ4n) is 2.79. The van der Waals surface area contributed by atoms with E-state index in [0.29, 0.717) is 10.9 Å². The van der Waals surface area contributed by atoms with Crippen LogP contribution in [-0.4, -0.2) is 16.2 Å². The average molecular weight is 291 g/mol. The van der Waals surface area contributed by atoms with Gasteiger partial charge in [-0.1, -0.05) is 17.7 Å². The van der Waals surface area contributed by atoms with Crippen molar-refractivity contribution in [2.45, 2.75) is 25.2 Å². The quantitative estimate of drug-likeness (QED) is 0.888. The predicted octanol–water partition coefficient (Wildman–Crippen LogP) is 4.17. The molecule has 0 radical (unpaired) electrons. The van der Waals surface area contributed by atoms with Crippen LogP contribution in [0, 0.1) is 5.92 Å². The molecular weight excluding hydrogens is 276 g/mol. The minimum atomic E-state index is -0.826. The Morgan fingerprint density at radius 1 is 1.25 bits per heavy atom. The third-order valence-corrected chi connectivity index (χ3v) is 4.17. The van der Waals surface area contributed by atoms with E-state index in [2.05, 4.69) is 0 Å². The lowest BCUT2D eigenvalue weighted by Crippen LogP contribution is -2.08. The zero-order chi connectivity index (χ0) is 14.3. The van der Waals surface area contributed by atoms with E-state index in [4.69, 9.17) is 16.7 Å². The van der Waals surface area contributed by atoms with Crippen molar-refractivity contribution in [2.24, 2.45) is 5.92 Å². The molecule has 0 spiro atoms. The molecule has 0 aromatic heterocycles.